The zero-order chi connectivity index (χ0) is 15.9. The molecule has 119 valence electrons. The lowest BCUT2D eigenvalue weighted by Gasteiger charge is -2.12. The molecule has 0 fully saturated rings. The summed E-state index contributed by atoms with van der Waals surface area (Å²) in [6, 6.07) is 5.76. The van der Waals surface area contributed by atoms with Gasteiger partial charge in [0.25, 0.3) is 0 Å². The Morgan fingerprint density at radius 1 is 0.714 bits per heavy atom. The third kappa shape index (κ3) is 10.0. The topological polar surface area (TPSA) is 68.2 Å². The minimum Gasteiger partial charge on any atom is -0.493 e. The van der Waals surface area contributed by atoms with Crippen molar-refractivity contribution in [2.75, 3.05) is 19.8 Å². The van der Waals surface area contributed by atoms with E-state index < -0.39 is 0 Å². The first-order chi connectivity index (χ1) is 10.2. The highest BCUT2D eigenvalue weighted by atomic mass is 16.5. The quantitative estimate of drug-likeness (QED) is 0.686. The summed E-state index contributed by atoms with van der Waals surface area (Å²) in [5.41, 5.74) is 0. The third-order valence-corrected chi connectivity index (χ3v) is 2.27. The maximum Gasteiger partial charge on any atom is 0.482 e. The average Bonchev–Trinajstić information content (AvgIpc) is 2.49. The van der Waals surface area contributed by atoms with Crippen LogP contribution in [0.5, 0.6) is 17.2 Å². The number of rotatable bonds is 9. The summed E-state index contributed by atoms with van der Waals surface area (Å²) >= 11 is 0. The molecule has 0 aliphatic heterocycles. The van der Waals surface area contributed by atoms with Gasteiger partial charge in [-0.15, -0.1) is 0 Å². The lowest BCUT2D eigenvalue weighted by molar-refractivity contribution is 0.286. The highest BCUT2D eigenvalue weighted by Gasteiger charge is 2.04. The molecule has 1 aromatic rings. The fourth-order valence-electron chi connectivity index (χ4n) is 1.46. The molecule has 0 amide bonds. The summed E-state index contributed by atoms with van der Waals surface area (Å²) in [6.07, 6.45) is 2.97. The van der Waals surface area contributed by atoms with Crippen molar-refractivity contribution in [3.05, 3.63) is 18.2 Å². The summed E-state index contributed by atoms with van der Waals surface area (Å²) in [6.45, 7) is 8.41. The molecular weight excluding hydrogens is 271 g/mol. The van der Waals surface area contributed by atoms with Crippen LogP contribution in [-0.2, 0) is 0 Å². The molecule has 0 aliphatic rings. The molecule has 21 heavy (non-hydrogen) atoms. The van der Waals surface area contributed by atoms with Crippen LogP contribution < -0.4 is 14.2 Å². The van der Waals surface area contributed by atoms with Crippen LogP contribution >= 0.6 is 0 Å². The first-order valence-electron chi connectivity index (χ1n) is 7.35. The van der Waals surface area contributed by atoms with E-state index in [0.717, 1.165) is 36.5 Å². The summed E-state index contributed by atoms with van der Waals surface area (Å²) in [7, 11) is 0. The molecule has 2 N–H and O–H groups in total. The minimum absolute atomic E-state index is 0. The highest BCUT2D eigenvalue weighted by molar-refractivity contribution is 6.13. The van der Waals surface area contributed by atoms with Crippen molar-refractivity contribution >= 4 is 7.69 Å². The van der Waals surface area contributed by atoms with Crippen LogP contribution in [0.25, 0.3) is 0 Å². The van der Waals surface area contributed by atoms with E-state index in [0.29, 0.717) is 19.8 Å². The molecule has 0 atom stereocenters. The van der Waals surface area contributed by atoms with Gasteiger partial charge in [0.1, 0.15) is 17.2 Å². The molecule has 0 saturated heterocycles. The van der Waals surface area contributed by atoms with Gasteiger partial charge >= 0.3 is 7.69 Å². The molecule has 1 rings (SSSR count). The Kier molecular flexibility index (Phi) is 12.7. The first-order valence-corrected chi connectivity index (χ1v) is 7.35. The van der Waals surface area contributed by atoms with E-state index in [9.17, 15) is 0 Å². The smallest absolute Gasteiger partial charge is 0.482 e. The van der Waals surface area contributed by atoms with Gasteiger partial charge in [-0.2, -0.15) is 0 Å². The van der Waals surface area contributed by atoms with Crippen LogP contribution in [0.1, 0.15) is 40.0 Å². The summed E-state index contributed by atoms with van der Waals surface area (Å²) in [4.78, 5) is 0. The fourth-order valence-corrected chi connectivity index (χ4v) is 1.46. The van der Waals surface area contributed by atoms with Crippen molar-refractivity contribution in [3.63, 3.8) is 0 Å². The maximum atomic E-state index is 7.00. The van der Waals surface area contributed by atoms with Crippen LogP contribution in [0.15, 0.2) is 18.2 Å². The Morgan fingerprint density at radius 2 is 0.952 bits per heavy atom. The molecule has 6 heteroatoms. The standard InChI is InChI=1S/C15H24O3.BH2O2/c1-4-7-16-13-10-14(17-8-5-2)12-15(11-13)18-9-6-3;2-1-3/h10-12H,4-9H2,1-3H3;2-3H. The Labute approximate surface area is 128 Å². The van der Waals surface area contributed by atoms with Crippen molar-refractivity contribution in [3.8, 4) is 17.2 Å². The Balaban J connectivity index is 0.00000122. The van der Waals surface area contributed by atoms with Crippen molar-refractivity contribution in [1.82, 2.24) is 0 Å². The van der Waals surface area contributed by atoms with Gasteiger partial charge in [-0.05, 0) is 19.3 Å². The van der Waals surface area contributed by atoms with Gasteiger partial charge in [-0.25, -0.2) is 0 Å². The van der Waals surface area contributed by atoms with Gasteiger partial charge < -0.3 is 24.3 Å². The summed E-state index contributed by atoms with van der Waals surface area (Å²) < 4.78 is 16.9. The maximum absolute atomic E-state index is 7.00. The van der Waals surface area contributed by atoms with Gasteiger partial charge in [0.05, 0.1) is 19.8 Å². The number of benzene rings is 1. The second kappa shape index (κ2) is 13.6. The second-order valence-corrected chi connectivity index (χ2v) is 4.30. The molecule has 0 bridgehead atoms. The summed E-state index contributed by atoms with van der Waals surface area (Å²) in [5, 5.41) is 14.0. The first kappa shape index (κ1) is 19.6. The highest BCUT2D eigenvalue weighted by Crippen LogP contribution is 2.28. The zero-order valence-electron chi connectivity index (χ0n) is 13.2. The average molecular weight is 297 g/mol. The molecule has 1 radical (unpaired) electrons. The van der Waals surface area contributed by atoms with Crippen molar-refractivity contribution in [2.45, 2.75) is 40.0 Å². The van der Waals surface area contributed by atoms with Crippen molar-refractivity contribution in [2.24, 2.45) is 0 Å². The minimum atomic E-state index is 0. The van der Waals surface area contributed by atoms with Crippen LogP contribution in [-0.4, -0.2) is 37.6 Å². The van der Waals surface area contributed by atoms with E-state index in [1.54, 1.807) is 0 Å². The molecule has 5 nitrogen and oxygen atoms in total. The molecule has 0 heterocycles. The molecule has 0 aliphatic carbocycles. The molecule has 0 aromatic heterocycles. The number of ether oxygens (including phenoxy) is 3. The molecule has 0 saturated carbocycles. The lowest BCUT2D eigenvalue weighted by atomic mass is 10.3. The zero-order valence-corrected chi connectivity index (χ0v) is 13.2. The van der Waals surface area contributed by atoms with E-state index >= 15 is 0 Å². The second-order valence-electron chi connectivity index (χ2n) is 4.30. The van der Waals surface area contributed by atoms with Crippen LogP contribution in [0.3, 0.4) is 0 Å². The lowest BCUT2D eigenvalue weighted by Crippen LogP contribution is -2.00. The van der Waals surface area contributed by atoms with Gasteiger partial charge in [-0.1, -0.05) is 20.8 Å². The van der Waals surface area contributed by atoms with E-state index in [4.69, 9.17) is 24.3 Å². The predicted octanol–water partition coefficient (Wildman–Crippen LogP) is 2.56. The van der Waals surface area contributed by atoms with Crippen LogP contribution in [0.4, 0.5) is 0 Å². The number of hydrogen-bond acceptors (Lipinski definition) is 5. The van der Waals surface area contributed by atoms with Gasteiger partial charge in [0.15, 0.2) is 0 Å². The Morgan fingerprint density at radius 3 is 1.14 bits per heavy atom. The van der Waals surface area contributed by atoms with E-state index in [2.05, 4.69) is 20.8 Å². The third-order valence-electron chi connectivity index (χ3n) is 2.27. The molecule has 1 aromatic carbocycles. The molecule has 0 spiro atoms. The molecular formula is C15H26BO5. The van der Waals surface area contributed by atoms with Gasteiger partial charge in [-0.3, -0.25) is 0 Å². The van der Waals surface area contributed by atoms with Gasteiger partial charge in [0, 0.05) is 18.2 Å². The Hall–Kier alpha value is -1.40. The van der Waals surface area contributed by atoms with Crippen LogP contribution in [0, 0.1) is 0 Å². The number of hydrogen-bond donors (Lipinski definition) is 2. The fraction of sp³-hybridized carbons (Fsp3) is 0.600. The van der Waals surface area contributed by atoms with E-state index in [1.807, 2.05) is 18.2 Å². The van der Waals surface area contributed by atoms with E-state index in [1.165, 1.54) is 0 Å². The van der Waals surface area contributed by atoms with E-state index in [-0.39, 0.29) is 7.69 Å². The largest absolute Gasteiger partial charge is 0.493 e. The van der Waals surface area contributed by atoms with Gasteiger partial charge in [0.2, 0.25) is 0 Å². The molecule has 0 unspecified atom stereocenters. The van der Waals surface area contributed by atoms with Crippen LogP contribution in [0.2, 0.25) is 0 Å². The normalized spacial score (nSPS) is 9.38. The van der Waals surface area contributed by atoms with Crippen molar-refractivity contribution in [1.29, 1.82) is 0 Å². The predicted molar refractivity (Wildman–Crippen MR) is 84.0 cm³/mol. The Bertz CT molecular complexity index is 295. The summed E-state index contributed by atoms with van der Waals surface area (Å²) in [5.74, 6) is 2.45. The monoisotopic (exact) mass is 297 g/mol. The van der Waals surface area contributed by atoms with Crippen molar-refractivity contribution < 1.29 is 24.3 Å². The SMILES string of the molecule is CCCOc1cc(OCCC)cc(OCCC)c1.O[B]O.